The zero-order valence-electron chi connectivity index (χ0n) is 19.1. The smallest absolute Gasteiger partial charge is 0.243 e. The minimum absolute atomic E-state index is 0.0558. The van der Waals surface area contributed by atoms with Gasteiger partial charge in [-0.1, -0.05) is 47.6 Å². The Morgan fingerprint density at radius 1 is 0.943 bits per heavy atom. The third-order valence-electron chi connectivity index (χ3n) is 6.10. The number of fused-ring (bicyclic) bond motifs is 1. The Kier molecular flexibility index (Phi) is 6.56. The van der Waals surface area contributed by atoms with Crippen LogP contribution in [0.3, 0.4) is 0 Å². The molecule has 0 aliphatic carbocycles. The minimum Gasteiger partial charge on any atom is -0.340 e. The van der Waals surface area contributed by atoms with E-state index in [1.807, 2.05) is 30.3 Å². The van der Waals surface area contributed by atoms with Gasteiger partial charge in [0.1, 0.15) is 0 Å². The van der Waals surface area contributed by atoms with Crippen molar-refractivity contribution in [3.8, 4) is 0 Å². The third kappa shape index (κ3) is 5.08. The predicted molar refractivity (Wildman–Crippen MR) is 129 cm³/mol. The summed E-state index contributed by atoms with van der Waals surface area (Å²) in [6.07, 6.45) is 2.81. The van der Waals surface area contributed by atoms with Crippen molar-refractivity contribution < 1.29 is 17.7 Å². The van der Waals surface area contributed by atoms with E-state index in [2.05, 4.69) is 15.1 Å². The van der Waals surface area contributed by atoms with Gasteiger partial charge >= 0.3 is 0 Å². The maximum Gasteiger partial charge on any atom is 0.243 e. The first kappa shape index (κ1) is 23.1. The number of hydrogen-bond donors (Lipinski definition) is 0. The maximum absolute atomic E-state index is 12.8. The van der Waals surface area contributed by atoms with Crippen molar-refractivity contribution >= 4 is 26.8 Å². The first-order valence-electron chi connectivity index (χ1n) is 11.5. The van der Waals surface area contributed by atoms with Crippen LogP contribution in [-0.4, -0.2) is 64.8 Å². The van der Waals surface area contributed by atoms with Crippen LogP contribution in [0, 0.1) is 0 Å². The summed E-state index contributed by atoms with van der Waals surface area (Å²) in [7, 11) is -3.55. The molecule has 10 heteroatoms. The fraction of sp³-hybridized carbons (Fsp3) is 0.280. The molecule has 2 aromatic heterocycles. The van der Waals surface area contributed by atoms with E-state index in [1.165, 1.54) is 4.31 Å². The van der Waals surface area contributed by atoms with Gasteiger partial charge in [0.05, 0.1) is 10.4 Å². The van der Waals surface area contributed by atoms with Gasteiger partial charge in [-0.25, -0.2) is 8.42 Å². The molecule has 1 saturated heterocycles. The van der Waals surface area contributed by atoms with Gasteiger partial charge in [-0.2, -0.15) is 9.29 Å². The lowest BCUT2D eigenvalue weighted by molar-refractivity contribution is -0.132. The van der Waals surface area contributed by atoms with Crippen LogP contribution in [0.2, 0.25) is 0 Å². The van der Waals surface area contributed by atoms with E-state index in [1.54, 1.807) is 41.4 Å². The summed E-state index contributed by atoms with van der Waals surface area (Å²) >= 11 is 0. The number of hydrogen-bond acceptors (Lipinski definition) is 7. The Labute approximate surface area is 203 Å². The molecule has 1 amide bonds. The molecule has 0 saturated carbocycles. The van der Waals surface area contributed by atoms with Crippen LogP contribution in [0.4, 0.5) is 0 Å². The maximum atomic E-state index is 12.8. The van der Waals surface area contributed by atoms with Gasteiger partial charge in [0.2, 0.25) is 21.8 Å². The molecule has 0 bridgehead atoms. The number of para-hydroxylation sites is 1. The molecule has 35 heavy (non-hydrogen) atoms. The van der Waals surface area contributed by atoms with Crippen LogP contribution in [-0.2, 0) is 27.7 Å². The first-order chi connectivity index (χ1) is 17.0. The number of rotatable bonds is 7. The highest BCUT2D eigenvalue weighted by Crippen LogP contribution is 2.19. The zero-order valence-corrected chi connectivity index (χ0v) is 19.9. The molecule has 0 N–H and O–H groups in total. The Balaban J connectivity index is 1.14. The minimum atomic E-state index is -3.55. The third-order valence-corrected chi connectivity index (χ3v) is 8.01. The first-order valence-corrected chi connectivity index (χ1v) is 12.9. The van der Waals surface area contributed by atoms with Crippen molar-refractivity contribution in [2.75, 3.05) is 26.2 Å². The average molecular weight is 492 g/mol. The standard InChI is InChI=1S/C25H25N5O4S/c31-24(29-14-16-30(17-15-29)35(32,33)21-9-2-1-3-10-21)12-11-23-27-22(28-34-23)18-20-7-4-6-19-8-5-13-26-25(19)20/h1-10,13H,11-12,14-18H2. The molecule has 3 heterocycles. The summed E-state index contributed by atoms with van der Waals surface area (Å²) in [6.45, 7) is 1.25. The Hall–Kier alpha value is -3.63. The summed E-state index contributed by atoms with van der Waals surface area (Å²) < 4.78 is 32.3. The monoisotopic (exact) mass is 491 g/mol. The van der Waals surface area contributed by atoms with Gasteiger partial charge in [0.15, 0.2) is 5.82 Å². The molecule has 0 radical (unpaired) electrons. The summed E-state index contributed by atoms with van der Waals surface area (Å²) in [5.41, 5.74) is 1.92. The van der Waals surface area contributed by atoms with E-state index >= 15 is 0 Å². The lowest BCUT2D eigenvalue weighted by atomic mass is 10.1. The van der Waals surface area contributed by atoms with Gasteiger partial charge in [0.25, 0.3) is 0 Å². The SMILES string of the molecule is O=C(CCc1nc(Cc2cccc3cccnc23)no1)N1CCN(S(=O)(=O)c2ccccc2)CC1. The normalized spacial score (nSPS) is 14.9. The van der Waals surface area contributed by atoms with Crippen molar-refractivity contribution in [3.63, 3.8) is 0 Å². The number of pyridine rings is 1. The van der Waals surface area contributed by atoms with E-state index in [-0.39, 0.29) is 30.3 Å². The second-order valence-corrected chi connectivity index (χ2v) is 10.3. The number of aryl methyl sites for hydroxylation is 1. The topological polar surface area (TPSA) is 109 Å². The van der Waals surface area contributed by atoms with Gasteiger partial charge in [0, 0.05) is 57.0 Å². The predicted octanol–water partition coefficient (Wildman–Crippen LogP) is 2.67. The van der Waals surface area contributed by atoms with Gasteiger partial charge in [-0.05, 0) is 23.8 Å². The molecule has 180 valence electrons. The number of amides is 1. The number of carbonyl (C=O) groups excluding carboxylic acids is 1. The Bertz CT molecular complexity index is 1430. The van der Waals surface area contributed by atoms with E-state index in [4.69, 9.17) is 4.52 Å². The Morgan fingerprint density at radius 2 is 1.71 bits per heavy atom. The molecule has 1 aliphatic heterocycles. The quantitative estimate of drug-likeness (QED) is 0.391. The Morgan fingerprint density at radius 3 is 2.51 bits per heavy atom. The lowest BCUT2D eigenvalue weighted by Crippen LogP contribution is -2.50. The molecule has 2 aromatic carbocycles. The zero-order chi connectivity index (χ0) is 24.3. The van der Waals surface area contributed by atoms with E-state index in [0.717, 1.165) is 16.5 Å². The molecule has 1 fully saturated rings. The van der Waals surface area contributed by atoms with Crippen molar-refractivity contribution in [1.82, 2.24) is 24.3 Å². The van der Waals surface area contributed by atoms with Gasteiger partial charge in [-0.15, -0.1) is 0 Å². The number of benzene rings is 2. The van der Waals surface area contributed by atoms with Crippen molar-refractivity contribution in [3.05, 3.63) is 84.1 Å². The molecule has 9 nitrogen and oxygen atoms in total. The molecular weight excluding hydrogens is 466 g/mol. The fourth-order valence-electron chi connectivity index (χ4n) is 4.24. The van der Waals surface area contributed by atoms with Crippen molar-refractivity contribution in [1.29, 1.82) is 0 Å². The number of aromatic nitrogens is 3. The summed E-state index contributed by atoms with van der Waals surface area (Å²) in [6, 6.07) is 18.2. The van der Waals surface area contributed by atoms with Crippen LogP contribution >= 0.6 is 0 Å². The van der Waals surface area contributed by atoms with E-state index in [0.29, 0.717) is 37.6 Å². The largest absolute Gasteiger partial charge is 0.340 e. The summed E-state index contributed by atoms with van der Waals surface area (Å²) in [5, 5.41) is 5.11. The second-order valence-electron chi connectivity index (χ2n) is 8.37. The number of sulfonamides is 1. The molecule has 0 atom stereocenters. The highest BCUT2D eigenvalue weighted by molar-refractivity contribution is 7.89. The summed E-state index contributed by atoms with van der Waals surface area (Å²) in [5.74, 6) is 0.900. The van der Waals surface area contributed by atoms with Crippen molar-refractivity contribution in [2.45, 2.75) is 24.2 Å². The number of carbonyl (C=O) groups is 1. The van der Waals surface area contributed by atoms with Crippen LogP contribution in [0.5, 0.6) is 0 Å². The number of nitrogens with zero attached hydrogens (tertiary/aromatic N) is 5. The van der Waals surface area contributed by atoms with Gasteiger partial charge in [-0.3, -0.25) is 9.78 Å². The number of piperazine rings is 1. The second kappa shape index (κ2) is 9.93. The molecule has 1 aliphatic rings. The van der Waals surface area contributed by atoms with Crippen molar-refractivity contribution in [2.24, 2.45) is 0 Å². The molecule has 0 unspecified atom stereocenters. The molecule has 0 spiro atoms. The average Bonchev–Trinajstić information content (AvgIpc) is 3.35. The molecular formula is C25H25N5O4S. The molecule has 5 rings (SSSR count). The van der Waals surface area contributed by atoms with E-state index in [9.17, 15) is 13.2 Å². The lowest BCUT2D eigenvalue weighted by Gasteiger charge is -2.34. The van der Waals surface area contributed by atoms with Gasteiger partial charge < -0.3 is 9.42 Å². The van der Waals surface area contributed by atoms with Crippen LogP contribution in [0.1, 0.15) is 23.7 Å². The van der Waals surface area contributed by atoms with Crippen LogP contribution < -0.4 is 0 Å². The highest BCUT2D eigenvalue weighted by Gasteiger charge is 2.30. The highest BCUT2D eigenvalue weighted by atomic mass is 32.2. The fourth-order valence-corrected chi connectivity index (χ4v) is 5.68. The van der Waals surface area contributed by atoms with E-state index < -0.39 is 10.0 Å². The van der Waals surface area contributed by atoms with Crippen LogP contribution in [0.15, 0.2) is 76.3 Å². The summed E-state index contributed by atoms with van der Waals surface area (Å²) in [4.78, 5) is 23.6. The van der Waals surface area contributed by atoms with Crippen LogP contribution in [0.25, 0.3) is 10.9 Å². The molecule has 4 aromatic rings.